The van der Waals surface area contributed by atoms with Gasteiger partial charge in [0, 0.05) is 42.3 Å². The number of aromatic nitrogens is 4. The highest BCUT2D eigenvalue weighted by Crippen LogP contribution is 2.46. The smallest absolute Gasteiger partial charge is 0.317 e. The number of carbonyl (C=O) groups is 1. The van der Waals surface area contributed by atoms with E-state index in [1.807, 2.05) is 4.90 Å². The molecule has 0 aromatic carbocycles. The molecule has 0 radical (unpaired) electrons. The summed E-state index contributed by atoms with van der Waals surface area (Å²) >= 11 is 0. The number of aromatic amines is 1. The van der Waals surface area contributed by atoms with Gasteiger partial charge in [-0.3, -0.25) is 0 Å². The van der Waals surface area contributed by atoms with E-state index in [0.717, 1.165) is 57.6 Å². The van der Waals surface area contributed by atoms with Crippen LogP contribution >= 0.6 is 0 Å². The Hall–Kier alpha value is -3.30. The fraction of sp³-hybridized carbons (Fsp3) is 0.478. The summed E-state index contributed by atoms with van der Waals surface area (Å²) in [5.74, 6) is 0.144. The molecule has 3 N–H and O–H groups in total. The van der Waals surface area contributed by atoms with Gasteiger partial charge >= 0.3 is 6.03 Å². The number of H-pyrrole nitrogens is 1. The monoisotopic (exact) mass is 453 g/mol. The van der Waals surface area contributed by atoms with Crippen molar-refractivity contribution in [1.29, 1.82) is 0 Å². The number of urea groups is 1. The van der Waals surface area contributed by atoms with Gasteiger partial charge in [0.1, 0.15) is 11.5 Å². The number of pyridine rings is 1. The zero-order chi connectivity index (χ0) is 22.5. The summed E-state index contributed by atoms with van der Waals surface area (Å²) in [6.07, 6.45) is 8.93. The third kappa shape index (κ3) is 3.67. The normalized spacial score (nSPS) is 26.3. The Morgan fingerprint density at radius 3 is 2.73 bits per heavy atom. The minimum Gasteiger partial charge on any atom is -0.364 e. The minimum atomic E-state index is -0.539. The van der Waals surface area contributed by atoms with Crippen LogP contribution < -0.4 is 10.6 Å². The summed E-state index contributed by atoms with van der Waals surface area (Å²) in [5.41, 5.74) is 1.07. The highest BCUT2D eigenvalue weighted by molar-refractivity contribution is 5.91. The number of nitrogens with one attached hydrogen (secondary N) is 3. The first-order valence-electron chi connectivity index (χ1n) is 11.5. The topological polar surface area (TPSA) is 98.8 Å². The first-order chi connectivity index (χ1) is 16.0. The Balaban J connectivity index is 1.21. The van der Waals surface area contributed by atoms with Gasteiger partial charge in [-0.1, -0.05) is 0 Å². The van der Waals surface area contributed by atoms with Crippen molar-refractivity contribution in [3.63, 3.8) is 0 Å². The van der Waals surface area contributed by atoms with Crippen molar-refractivity contribution in [2.45, 2.75) is 44.2 Å². The lowest BCUT2D eigenvalue weighted by Crippen LogP contribution is -2.49. The van der Waals surface area contributed by atoms with Gasteiger partial charge in [0.05, 0.1) is 12.4 Å². The molecular weight excluding hydrogens is 428 g/mol. The zero-order valence-corrected chi connectivity index (χ0v) is 18.0. The lowest BCUT2D eigenvalue weighted by molar-refractivity contribution is 0.197. The molecular formula is C23H25F2N7O. The van der Waals surface area contributed by atoms with Crippen molar-refractivity contribution in [1.82, 2.24) is 30.2 Å². The maximum absolute atomic E-state index is 14.7. The highest BCUT2D eigenvalue weighted by Gasteiger charge is 2.47. The van der Waals surface area contributed by atoms with E-state index in [0.29, 0.717) is 28.3 Å². The maximum atomic E-state index is 14.7. The molecule has 172 valence electrons. The van der Waals surface area contributed by atoms with Crippen LogP contribution in [0.5, 0.6) is 0 Å². The van der Waals surface area contributed by atoms with E-state index in [4.69, 9.17) is 0 Å². The molecule has 0 spiro atoms. The van der Waals surface area contributed by atoms with Gasteiger partial charge in [-0.15, -0.1) is 0 Å². The third-order valence-electron chi connectivity index (χ3n) is 7.32. The number of nitrogens with zero attached hydrogens (tertiary/aromatic N) is 4. The molecule has 4 heterocycles. The number of halogens is 2. The van der Waals surface area contributed by atoms with Gasteiger partial charge in [-0.05, 0) is 50.0 Å². The second-order valence-corrected chi connectivity index (χ2v) is 9.38. The summed E-state index contributed by atoms with van der Waals surface area (Å²) in [7, 11) is 0. The number of amides is 2. The second-order valence-electron chi connectivity index (χ2n) is 9.38. The van der Waals surface area contributed by atoms with Crippen molar-refractivity contribution in [2.75, 3.05) is 18.4 Å². The molecule has 2 saturated carbocycles. The maximum Gasteiger partial charge on any atom is 0.317 e. The molecule has 1 aliphatic heterocycles. The van der Waals surface area contributed by atoms with Crippen molar-refractivity contribution >= 4 is 22.9 Å². The molecule has 4 unspecified atom stereocenters. The van der Waals surface area contributed by atoms with Crippen molar-refractivity contribution < 1.29 is 13.6 Å². The fourth-order valence-corrected chi connectivity index (χ4v) is 5.79. The van der Waals surface area contributed by atoms with Crippen LogP contribution in [0.25, 0.3) is 22.4 Å². The number of hydrogen-bond donors (Lipinski definition) is 3. The second kappa shape index (κ2) is 7.93. The minimum absolute atomic E-state index is 0.0134. The van der Waals surface area contributed by atoms with Crippen molar-refractivity contribution in [3.05, 3.63) is 36.3 Å². The number of carbonyl (C=O) groups excluding carboxylic acids is 1. The predicted octanol–water partition coefficient (Wildman–Crippen LogP) is 3.68. The molecule has 8 nitrogen and oxygen atoms in total. The average molecular weight is 453 g/mol. The molecule has 33 heavy (non-hydrogen) atoms. The quantitative estimate of drug-likeness (QED) is 0.560. The number of anilines is 1. The summed E-state index contributed by atoms with van der Waals surface area (Å²) in [5, 5.41) is 7.04. The Morgan fingerprint density at radius 1 is 1.09 bits per heavy atom. The van der Waals surface area contributed by atoms with E-state index in [-0.39, 0.29) is 29.9 Å². The first-order valence-corrected chi connectivity index (χ1v) is 11.5. The van der Waals surface area contributed by atoms with Crippen molar-refractivity contribution in [3.8, 4) is 11.4 Å². The summed E-state index contributed by atoms with van der Waals surface area (Å²) < 4.78 is 28.4. The van der Waals surface area contributed by atoms with Gasteiger partial charge in [-0.2, -0.15) is 0 Å². The molecule has 3 aromatic heterocycles. The first kappa shape index (κ1) is 20.3. The molecule has 3 fully saturated rings. The van der Waals surface area contributed by atoms with Gasteiger partial charge in [-0.25, -0.2) is 28.5 Å². The molecule has 1 saturated heterocycles. The Bertz CT molecular complexity index is 1210. The van der Waals surface area contributed by atoms with Gasteiger partial charge in [0.2, 0.25) is 0 Å². The molecule has 2 bridgehead atoms. The van der Waals surface area contributed by atoms with Gasteiger partial charge in [0.25, 0.3) is 0 Å². The average Bonchev–Trinajstić information content (AvgIpc) is 3.59. The van der Waals surface area contributed by atoms with Crippen LogP contribution in [0.2, 0.25) is 0 Å². The van der Waals surface area contributed by atoms with E-state index in [2.05, 4.69) is 30.6 Å². The Labute approximate surface area is 189 Å². The standard InChI is InChI=1S/C23H25F2N7O/c24-13-8-14-16(10-27-20(14)26-9-13)21-28-11-17(25)22(31-21)29-18-6-12-5-15(18)19(7-12)30-23(33)32-3-1-2-4-32/h8-12,15,18-19H,1-7H2,(H,26,27)(H,30,33)(H,28,29,31). The van der Waals surface area contributed by atoms with Crippen molar-refractivity contribution in [2.24, 2.45) is 11.8 Å². The van der Waals surface area contributed by atoms with E-state index in [1.165, 1.54) is 6.07 Å². The van der Waals surface area contributed by atoms with Crippen LogP contribution in [-0.2, 0) is 0 Å². The summed E-state index contributed by atoms with van der Waals surface area (Å²) in [6.45, 7) is 1.63. The highest BCUT2D eigenvalue weighted by atomic mass is 19.1. The largest absolute Gasteiger partial charge is 0.364 e. The molecule has 2 aliphatic carbocycles. The van der Waals surface area contributed by atoms with E-state index < -0.39 is 11.6 Å². The van der Waals surface area contributed by atoms with E-state index in [1.54, 1.807) is 6.20 Å². The van der Waals surface area contributed by atoms with Crippen LogP contribution in [0.4, 0.5) is 19.4 Å². The van der Waals surface area contributed by atoms with Gasteiger partial charge < -0.3 is 20.5 Å². The lowest BCUT2D eigenvalue weighted by Gasteiger charge is -2.32. The number of fused-ring (bicyclic) bond motifs is 3. The van der Waals surface area contributed by atoms with Crippen LogP contribution in [0.3, 0.4) is 0 Å². The molecule has 10 heteroatoms. The number of likely N-dealkylation sites (tertiary alicyclic amines) is 1. The Morgan fingerprint density at radius 2 is 1.91 bits per heavy atom. The van der Waals surface area contributed by atoms with Crippen LogP contribution in [0.1, 0.15) is 32.1 Å². The summed E-state index contributed by atoms with van der Waals surface area (Å²) in [6, 6.07) is 1.48. The van der Waals surface area contributed by atoms with Crippen LogP contribution in [-0.4, -0.2) is 56.0 Å². The molecule has 4 atom stereocenters. The van der Waals surface area contributed by atoms with Gasteiger partial charge in [0.15, 0.2) is 17.5 Å². The van der Waals surface area contributed by atoms with Crippen LogP contribution in [0.15, 0.2) is 24.7 Å². The fourth-order valence-electron chi connectivity index (χ4n) is 5.79. The predicted molar refractivity (Wildman–Crippen MR) is 118 cm³/mol. The number of hydrogen-bond acceptors (Lipinski definition) is 5. The third-order valence-corrected chi connectivity index (χ3v) is 7.32. The Kier molecular flexibility index (Phi) is 4.88. The molecule has 6 rings (SSSR count). The lowest BCUT2D eigenvalue weighted by atomic mass is 9.90. The SMILES string of the molecule is O=C(NC1CC2CC(Nc3nc(-c4c[nH]c5ncc(F)cc45)ncc3F)C1C2)N1CCCC1. The number of rotatable bonds is 4. The van der Waals surface area contributed by atoms with Crippen LogP contribution in [0, 0.1) is 23.5 Å². The summed E-state index contributed by atoms with van der Waals surface area (Å²) in [4.78, 5) is 30.0. The molecule has 2 amide bonds. The zero-order valence-electron chi connectivity index (χ0n) is 18.0. The molecule has 3 aromatic rings. The molecule has 3 aliphatic rings. The van der Waals surface area contributed by atoms with E-state index in [9.17, 15) is 13.6 Å². The van der Waals surface area contributed by atoms with E-state index >= 15 is 0 Å².